The number of nitrogens with zero attached hydrogens (tertiary/aromatic N) is 3. The fourth-order valence-corrected chi connectivity index (χ4v) is 3.31. The number of fused-ring (bicyclic) bond motifs is 1. The maximum absolute atomic E-state index is 12.6. The molecule has 0 atom stereocenters. The Morgan fingerprint density at radius 1 is 1.13 bits per heavy atom. The number of carbonyl (C=O) groups excluding carboxylic acids is 1. The van der Waals surface area contributed by atoms with Crippen LogP contribution in [-0.2, 0) is 11.3 Å². The molecule has 0 saturated carbocycles. The second kappa shape index (κ2) is 8.26. The van der Waals surface area contributed by atoms with Gasteiger partial charge in [-0.1, -0.05) is 24.3 Å². The summed E-state index contributed by atoms with van der Waals surface area (Å²) >= 11 is 5.26. The van der Waals surface area contributed by atoms with Crippen molar-refractivity contribution in [2.45, 2.75) is 13.0 Å². The number of phenols is 1. The van der Waals surface area contributed by atoms with Crippen LogP contribution < -0.4 is 10.9 Å². The van der Waals surface area contributed by atoms with Crippen molar-refractivity contribution < 1.29 is 9.90 Å². The Bertz CT molecular complexity index is 1350. The number of benzene rings is 2. The molecule has 0 radical (unpaired) electrons. The minimum Gasteiger partial charge on any atom is -0.508 e. The molecule has 30 heavy (non-hydrogen) atoms. The Balaban J connectivity index is 1.44. The van der Waals surface area contributed by atoms with Gasteiger partial charge in [0.2, 0.25) is 5.91 Å². The average Bonchev–Trinajstić information content (AvgIpc) is 2.74. The highest BCUT2D eigenvalue weighted by molar-refractivity contribution is 7.71. The number of aromatic hydroxyl groups is 1. The molecular weight excluding hydrogens is 402 g/mol. The lowest BCUT2D eigenvalue weighted by Crippen LogP contribution is -2.25. The molecule has 0 fully saturated rings. The van der Waals surface area contributed by atoms with Gasteiger partial charge in [0.1, 0.15) is 5.75 Å². The highest BCUT2D eigenvalue weighted by Crippen LogP contribution is 2.20. The molecule has 0 bridgehead atoms. The van der Waals surface area contributed by atoms with Gasteiger partial charge in [0.05, 0.1) is 29.0 Å². The van der Waals surface area contributed by atoms with E-state index in [4.69, 9.17) is 12.2 Å². The summed E-state index contributed by atoms with van der Waals surface area (Å²) in [6.45, 7) is 0.146. The van der Waals surface area contributed by atoms with Crippen molar-refractivity contribution in [3.05, 3.63) is 76.0 Å². The summed E-state index contributed by atoms with van der Waals surface area (Å²) in [5.41, 5.74) is 1.52. The zero-order valence-electron chi connectivity index (χ0n) is 15.7. The van der Waals surface area contributed by atoms with Crippen LogP contribution in [0, 0.1) is 4.77 Å². The van der Waals surface area contributed by atoms with Gasteiger partial charge < -0.3 is 15.4 Å². The first kappa shape index (κ1) is 19.5. The number of rotatable bonds is 5. The van der Waals surface area contributed by atoms with E-state index in [1.807, 2.05) is 6.07 Å². The van der Waals surface area contributed by atoms with Crippen molar-refractivity contribution in [2.24, 2.45) is 0 Å². The summed E-state index contributed by atoms with van der Waals surface area (Å²) in [5.74, 6) is 0.256. The summed E-state index contributed by atoms with van der Waals surface area (Å²) < 4.78 is 1.64. The number of aromatic amines is 1. The first-order valence-electron chi connectivity index (χ1n) is 9.14. The van der Waals surface area contributed by atoms with Crippen LogP contribution in [0.1, 0.15) is 6.42 Å². The van der Waals surface area contributed by atoms with Crippen LogP contribution in [0.25, 0.3) is 22.3 Å². The van der Waals surface area contributed by atoms with E-state index >= 15 is 0 Å². The van der Waals surface area contributed by atoms with E-state index in [9.17, 15) is 14.7 Å². The van der Waals surface area contributed by atoms with Crippen molar-refractivity contribution in [2.75, 3.05) is 5.32 Å². The Morgan fingerprint density at radius 2 is 1.90 bits per heavy atom. The van der Waals surface area contributed by atoms with Gasteiger partial charge in [-0.05, 0) is 36.5 Å². The summed E-state index contributed by atoms with van der Waals surface area (Å²) in [6, 6.07) is 13.7. The number of H-pyrrole nitrogens is 1. The highest BCUT2D eigenvalue weighted by atomic mass is 32.1. The second-order valence-corrected chi connectivity index (χ2v) is 6.96. The number of nitrogens with one attached hydrogen (secondary N) is 2. The van der Waals surface area contributed by atoms with E-state index in [1.165, 1.54) is 17.0 Å². The van der Waals surface area contributed by atoms with Crippen molar-refractivity contribution >= 4 is 34.7 Å². The molecule has 2 aromatic heterocycles. The average molecular weight is 419 g/mol. The van der Waals surface area contributed by atoms with Crippen molar-refractivity contribution in [1.82, 2.24) is 19.5 Å². The predicted octanol–water partition coefficient (Wildman–Crippen LogP) is 3.25. The second-order valence-electron chi connectivity index (χ2n) is 6.58. The zero-order chi connectivity index (χ0) is 21.1. The fraction of sp³-hybridized carbons (Fsp3) is 0.0952. The number of amides is 1. The minimum absolute atomic E-state index is 0.0596. The number of hydrogen-bond donors (Lipinski definition) is 3. The Morgan fingerprint density at radius 3 is 2.67 bits per heavy atom. The lowest BCUT2D eigenvalue weighted by Gasteiger charge is -2.09. The topological polar surface area (TPSA) is 113 Å². The molecule has 0 saturated heterocycles. The van der Waals surface area contributed by atoms with Gasteiger partial charge in [0, 0.05) is 18.5 Å². The van der Waals surface area contributed by atoms with E-state index in [0.717, 1.165) is 0 Å². The van der Waals surface area contributed by atoms with Crippen LogP contribution in [0.15, 0.2) is 65.7 Å². The van der Waals surface area contributed by atoms with E-state index in [-0.39, 0.29) is 35.0 Å². The van der Waals surface area contributed by atoms with E-state index < -0.39 is 0 Å². The smallest absolute Gasteiger partial charge is 0.262 e. The van der Waals surface area contributed by atoms with Crippen LogP contribution in [-0.4, -0.2) is 30.5 Å². The molecule has 0 aliphatic carbocycles. The molecule has 0 spiro atoms. The third-order valence-corrected chi connectivity index (χ3v) is 4.81. The van der Waals surface area contributed by atoms with E-state index in [2.05, 4.69) is 20.3 Å². The first-order chi connectivity index (χ1) is 14.5. The SMILES string of the molecule is O=C(CCn1c(=S)[nH]c2ccccc2c1=O)Nc1cnc(-c2cccc(O)c2)nc1. The Labute approximate surface area is 175 Å². The minimum atomic E-state index is -0.293. The standard InChI is InChI=1S/C21H17N5O3S/c27-15-5-3-4-13(10-15)19-22-11-14(12-23-19)24-18(28)8-9-26-20(29)16-6-1-2-7-17(16)25-21(26)30/h1-7,10-12,27H,8-9H2,(H,24,28)(H,25,30). The number of hydrogen-bond acceptors (Lipinski definition) is 6. The van der Waals surface area contributed by atoms with Crippen molar-refractivity contribution in [1.29, 1.82) is 0 Å². The quantitative estimate of drug-likeness (QED) is 0.428. The fourth-order valence-electron chi connectivity index (χ4n) is 3.03. The van der Waals surface area contributed by atoms with Gasteiger partial charge in [-0.3, -0.25) is 14.2 Å². The van der Waals surface area contributed by atoms with Gasteiger partial charge >= 0.3 is 0 Å². The number of anilines is 1. The summed E-state index contributed by atoms with van der Waals surface area (Å²) in [5, 5.41) is 12.8. The largest absolute Gasteiger partial charge is 0.508 e. The summed E-state index contributed by atoms with van der Waals surface area (Å²) in [4.78, 5) is 36.4. The highest BCUT2D eigenvalue weighted by Gasteiger charge is 2.09. The van der Waals surface area contributed by atoms with Gasteiger partial charge in [0.25, 0.3) is 5.56 Å². The zero-order valence-corrected chi connectivity index (χ0v) is 16.5. The van der Waals surface area contributed by atoms with Gasteiger partial charge in [-0.15, -0.1) is 0 Å². The van der Waals surface area contributed by atoms with Crippen LogP contribution >= 0.6 is 12.2 Å². The Hall–Kier alpha value is -3.85. The Kier molecular flexibility index (Phi) is 5.36. The van der Waals surface area contributed by atoms with Crippen molar-refractivity contribution in [3.8, 4) is 17.1 Å². The molecule has 0 unspecified atom stereocenters. The lowest BCUT2D eigenvalue weighted by atomic mass is 10.2. The monoisotopic (exact) mass is 419 g/mol. The lowest BCUT2D eigenvalue weighted by molar-refractivity contribution is -0.116. The summed E-state index contributed by atoms with van der Waals surface area (Å²) in [7, 11) is 0. The van der Waals surface area contributed by atoms with Crippen LogP contribution in [0.4, 0.5) is 5.69 Å². The van der Waals surface area contributed by atoms with Crippen LogP contribution in [0.2, 0.25) is 0 Å². The molecule has 0 aliphatic heterocycles. The summed E-state index contributed by atoms with van der Waals surface area (Å²) in [6.07, 6.45) is 3.03. The molecule has 2 aromatic carbocycles. The molecule has 4 aromatic rings. The number of phenolic OH excluding ortho intramolecular Hbond substituents is 1. The normalized spacial score (nSPS) is 10.8. The maximum Gasteiger partial charge on any atom is 0.262 e. The molecular formula is C21H17N5O3S. The molecule has 150 valence electrons. The molecule has 0 aliphatic rings. The first-order valence-corrected chi connectivity index (χ1v) is 9.55. The van der Waals surface area contributed by atoms with Gasteiger partial charge in [-0.2, -0.15) is 0 Å². The molecule has 1 amide bonds. The van der Waals surface area contributed by atoms with Gasteiger partial charge in [-0.25, -0.2) is 9.97 Å². The van der Waals surface area contributed by atoms with Crippen LogP contribution in [0.5, 0.6) is 5.75 Å². The number of carbonyl (C=O) groups is 1. The third-order valence-electron chi connectivity index (χ3n) is 4.49. The van der Waals surface area contributed by atoms with E-state index in [1.54, 1.807) is 42.5 Å². The molecule has 9 heteroatoms. The van der Waals surface area contributed by atoms with Gasteiger partial charge in [0.15, 0.2) is 10.6 Å². The molecule has 8 nitrogen and oxygen atoms in total. The molecule has 3 N–H and O–H groups in total. The predicted molar refractivity (Wildman–Crippen MR) is 116 cm³/mol. The van der Waals surface area contributed by atoms with Crippen LogP contribution in [0.3, 0.4) is 0 Å². The number of aromatic nitrogens is 4. The molecule has 2 heterocycles. The number of para-hydroxylation sites is 1. The van der Waals surface area contributed by atoms with E-state index in [0.29, 0.717) is 28.0 Å². The van der Waals surface area contributed by atoms with Crippen molar-refractivity contribution in [3.63, 3.8) is 0 Å². The molecule has 4 rings (SSSR count). The maximum atomic E-state index is 12.6. The third kappa shape index (κ3) is 4.11.